The number of carbonyl (C=O) groups is 4. The second-order valence-corrected chi connectivity index (χ2v) is 9.28. The average molecular weight is 493 g/mol. The summed E-state index contributed by atoms with van der Waals surface area (Å²) in [6, 6.07) is 8.82. The first kappa shape index (κ1) is 28.1. The maximum Gasteiger partial charge on any atom is 0.410 e. The highest BCUT2D eigenvalue weighted by atomic mass is 16.6. The topological polar surface area (TPSA) is 112 Å². The van der Waals surface area contributed by atoms with Crippen LogP contribution in [-0.4, -0.2) is 85.3 Å². The fourth-order valence-electron chi connectivity index (χ4n) is 3.49. The van der Waals surface area contributed by atoms with Gasteiger partial charge in [-0.3, -0.25) is 14.5 Å². The summed E-state index contributed by atoms with van der Waals surface area (Å²) in [4.78, 5) is 52.3. The van der Waals surface area contributed by atoms with Crippen molar-refractivity contribution in [3.63, 3.8) is 0 Å². The summed E-state index contributed by atoms with van der Waals surface area (Å²) in [6.45, 7) is 5.96. The molecule has 0 N–H and O–H groups in total. The molecule has 0 spiro atoms. The molecule has 0 aliphatic carbocycles. The van der Waals surface area contributed by atoms with E-state index in [-0.39, 0.29) is 57.6 Å². The van der Waals surface area contributed by atoms with Crippen LogP contribution in [-0.2, 0) is 39.9 Å². The molecule has 2 amide bonds. The Morgan fingerprint density at radius 3 is 2.34 bits per heavy atom. The van der Waals surface area contributed by atoms with Gasteiger partial charge in [-0.2, -0.15) is 0 Å². The Kier molecular flexibility index (Phi) is 11.0. The number of amides is 2. The molecule has 0 saturated carbocycles. The van der Waals surface area contributed by atoms with Crippen LogP contribution in [0.3, 0.4) is 0 Å². The fraction of sp³-hybridized carbons (Fsp3) is 0.600. The van der Waals surface area contributed by atoms with Crippen molar-refractivity contribution < 1.29 is 38.1 Å². The van der Waals surface area contributed by atoms with Crippen LogP contribution in [0.25, 0.3) is 0 Å². The van der Waals surface area contributed by atoms with Gasteiger partial charge in [-0.25, -0.2) is 9.59 Å². The number of piperazine rings is 1. The number of nitrogens with zero attached hydrogens (tertiary/aromatic N) is 2. The number of hydrogen-bond donors (Lipinski definition) is 0. The zero-order valence-electron chi connectivity index (χ0n) is 21.0. The van der Waals surface area contributed by atoms with Gasteiger partial charge in [0.05, 0.1) is 6.04 Å². The largest absolute Gasteiger partial charge is 0.462 e. The Hall–Kier alpha value is -3.14. The Bertz CT molecular complexity index is 853. The second kappa shape index (κ2) is 13.7. The monoisotopic (exact) mass is 492 g/mol. The lowest BCUT2D eigenvalue weighted by Gasteiger charge is -2.41. The number of hydrogen-bond acceptors (Lipinski definition) is 8. The van der Waals surface area contributed by atoms with Crippen LogP contribution in [0.1, 0.15) is 45.6 Å². The van der Waals surface area contributed by atoms with E-state index in [0.29, 0.717) is 13.0 Å². The molecule has 0 aromatic heterocycles. The quantitative estimate of drug-likeness (QED) is 0.362. The van der Waals surface area contributed by atoms with Crippen LogP contribution in [0.2, 0.25) is 0 Å². The van der Waals surface area contributed by atoms with Gasteiger partial charge in [0.15, 0.2) is 0 Å². The lowest BCUT2D eigenvalue weighted by atomic mass is 10.1. The molecule has 1 atom stereocenters. The lowest BCUT2D eigenvalue weighted by molar-refractivity contribution is -0.151. The van der Waals surface area contributed by atoms with Gasteiger partial charge in [0.25, 0.3) is 0 Å². The summed E-state index contributed by atoms with van der Waals surface area (Å²) in [5.41, 5.74) is 0.216. The minimum atomic E-state index is -0.684. The van der Waals surface area contributed by atoms with Gasteiger partial charge in [-0.15, -0.1) is 0 Å². The smallest absolute Gasteiger partial charge is 0.410 e. The van der Waals surface area contributed by atoms with Crippen LogP contribution in [0.4, 0.5) is 4.79 Å². The molecular weight excluding hydrogens is 456 g/mol. The first-order valence-electron chi connectivity index (χ1n) is 11.7. The minimum absolute atomic E-state index is 0.0863. The Balaban J connectivity index is 1.85. The van der Waals surface area contributed by atoms with Crippen molar-refractivity contribution in [3.8, 4) is 0 Å². The summed E-state index contributed by atoms with van der Waals surface area (Å²) in [5.74, 6) is -1.06. The second-order valence-electron chi connectivity index (χ2n) is 9.28. The third kappa shape index (κ3) is 10.3. The standard InChI is InChI=1S/C25H36N2O8/c1-25(2,3)35-24(31)27-14-13-26(15-20(27)17-34-23(30)18-32-4)21(28)11-8-12-22(29)33-16-19-9-6-5-7-10-19/h5-7,9-10,20H,8,11-18H2,1-4H3. The van der Waals surface area contributed by atoms with E-state index in [1.54, 1.807) is 25.7 Å². The van der Waals surface area contributed by atoms with Crippen molar-refractivity contribution in [1.29, 1.82) is 0 Å². The predicted molar refractivity (Wildman–Crippen MR) is 126 cm³/mol. The maximum atomic E-state index is 12.8. The number of carbonyl (C=O) groups excluding carboxylic acids is 4. The van der Waals surface area contributed by atoms with Gasteiger partial charge in [0.1, 0.15) is 25.4 Å². The zero-order chi connectivity index (χ0) is 25.8. The summed E-state index contributed by atoms with van der Waals surface area (Å²) < 4.78 is 20.7. The molecule has 194 valence electrons. The van der Waals surface area contributed by atoms with Crippen LogP contribution < -0.4 is 0 Å². The molecule has 1 aromatic rings. The Morgan fingerprint density at radius 1 is 0.971 bits per heavy atom. The van der Waals surface area contributed by atoms with E-state index in [2.05, 4.69) is 0 Å². The first-order valence-corrected chi connectivity index (χ1v) is 11.7. The highest BCUT2D eigenvalue weighted by molar-refractivity contribution is 5.78. The highest BCUT2D eigenvalue weighted by Gasteiger charge is 2.35. The van der Waals surface area contributed by atoms with E-state index in [4.69, 9.17) is 18.9 Å². The van der Waals surface area contributed by atoms with Crippen molar-refractivity contribution in [2.45, 2.75) is 58.3 Å². The molecule has 35 heavy (non-hydrogen) atoms. The predicted octanol–water partition coefficient (Wildman–Crippen LogP) is 2.54. The third-order valence-electron chi connectivity index (χ3n) is 5.18. The summed E-state index contributed by atoms with van der Waals surface area (Å²) >= 11 is 0. The van der Waals surface area contributed by atoms with Gasteiger partial charge >= 0.3 is 18.0 Å². The van der Waals surface area contributed by atoms with Gasteiger partial charge < -0.3 is 23.8 Å². The van der Waals surface area contributed by atoms with E-state index in [1.165, 1.54) is 12.0 Å². The van der Waals surface area contributed by atoms with E-state index in [9.17, 15) is 19.2 Å². The third-order valence-corrected chi connectivity index (χ3v) is 5.18. The molecule has 0 radical (unpaired) electrons. The van der Waals surface area contributed by atoms with Gasteiger partial charge in [0, 0.05) is 39.6 Å². The van der Waals surface area contributed by atoms with Crippen LogP contribution in [0.15, 0.2) is 30.3 Å². The first-order chi connectivity index (χ1) is 16.6. The molecule has 1 aliphatic rings. The van der Waals surface area contributed by atoms with Crippen LogP contribution >= 0.6 is 0 Å². The maximum absolute atomic E-state index is 12.8. The number of ether oxygens (including phenoxy) is 4. The van der Waals surface area contributed by atoms with Crippen molar-refractivity contribution >= 4 is 23.9 Å². The lowest BCUT2D eigenvalue weighted by Crippen LogP contribution is -2.59. The highest BCUT2D eigenvalue weighted by Crippen LogP contribution is 2.18. The van der Waals surface area contributed by atoms with Crippen molar-refractivity contribution in [3.05, 3.63) is 35.9 Å². The fourth-order valence-corrected chi connectivity index (χ4v) is 3.49. The van der Waals surface area contributed by atoms with Crippen LogP contribution in [0.5, 0.6) is 0 Å². The van der Waals surface area contributed by atoms with Gasteiger partial charge in [0.2, 0.25) is 5.91 Å². The van der Waals surface area contributed by atoms with E-state index in [1.807, 2.05) is 30.3 Å². The molecule has 1 fully saturated rings. The summed E-state index contributed by atoms with van der Waals surface area (Å²) in [7, 11) is 1.38. The molecule has 1 unspecified atom stereocenters. The van der Waals surface area contributed by atoms with E-state index in [0.717, 1.165) is 5.56 Å². The molecule has 1 heterocycles. The summed E-state index contributed by atoms with van der Waals surface area (Å²) in [5, 5.41) is 0. The molecule has 1 aromatic carbocycles. The van der Waals surface area contributed by atoms with Gasteiger partial charge in [-0.1, -0.05) is 30.3 Å². The minimum Gasteiger partial charge on any atom is -0.462 e. The zero-order valence-corrected chi connectivity index (χ0v) is 21.0. The molecule has 10 nitrogen and oxygen atoms in total. The van der Waals surface area contributed by atoms with Crippen molar-refractivity contribution in [1.82, 2.24) is 9.80 Å². The van der Waals surface area contributed by atoms with E-state index >= 15 is 0 Å². The molecule has 0 bridgehead atoms. The SMILES string of the molecule is COCC(=O)OCC1CN(C(=O)CCCC(=O)OCc2ccccc2)CCN1C(=O)OC(C)(C)C. The Labute approximate surface area is 206 Å². The Morgan fingerprint density at radius 2 is 1.69 bits per heavy atom. The van der Waals surface area contributed by atoms with E-state index < -0.39 is 23.7 Å². The number of esters is 2. The average Bonchev–Trinajstić information content (AvgIpc) is 2.81. The molecule has 2 rings (SSSR count). The number of methoxy groups -OCH3 is 1. The van der Waals surface area contributed by atoms with Crippen LogP contribution in [0, 0.1) is 0 Å². The molecule has 1 aliphatic heterocycles. The van der Waals surface area contributed by atoms with Crippen molar-refractivity contribution in [2.24, 2.45) is 0 Å². The summed E-state index contributed by atoms with van der Waals surface area (Å²) in [6.07, 6.45) is 0.127. The normalized spacial score (nSPS) is 15.9. The van der Waals surface area contributed by atoms with Gasteiger partial charge in [-0.05, 0) is 32.8 Å². The molecular formula is C25H36N2O8. The van der Waals surface area contributed by atoms with Crippen molar-refractivity contribution in [2.75, 3.05) is 40.0 Å². The number of benzene rings is 1. The number of rotatable bonds is 10. The molecule has 10 heteroatoms. The molecule has 1 saturated heterocycles.